The summed E-state index contributed by atoms with van der Waals surface area (Å²) in [4.78, 5) is 15.7. The third-order valence-electron chi connectivity index (χ3n) is 3.22. The number of aromatic nitrogens is 1. The van der Waals surface area contributed by atoms with Crippen LogP contribution in [0, 0.1) is 0 Å². The van der Waals surface area contributed by atoms with E-state index in [0.29, 0.717) is 0 Å². The maximum absolute atomic E-state index is 12.6. The molecule has 23 heavy (non-hydrogen) atoms. The molecule has 1 aromatic heterocycles. The Morgan fingerprint density at radius 2 is 2.17 bits per heavy atom. The summed E-state index contributed by atoms with van der Waals surface area (Å²) >= 11 is 0. The van der Waals surface area contributed by atoms with Crippen molar-refractivity contribution in [3.63, 3.8) is 0 Å². The normalized spacial score (nSPS) is 14.6. The fourth-order valence-corrected chi connectivity index (χ4v) is 1.88. The van der Waals surface area contributed by atoms with Crippen molar-refractivity contribution in [1.29, 1.82) is 0 Å². The van der Waals surface area contributed by atoms with Crippen LogP contribution in [0.2, 0.25) is 0 Å². The first-order valence-corrected chi connectivity index (χ1v) is 6.97. The van der Waals surface area contributed by atoms with Gasteiger partial charge in [-0.05, 0) is 31.0 Å². The van der Waals surface area contributed by atoms with E-state index in [1.54, 1.807) is 0 Å². The van der Waals surface area contributed by atoms with E-state index in [0.717, 1.165) is 25.0 Å². The maximum atomic E-state index is 12.6. The predicted molar refractivity (Wildman–Crippen MR) is 72.8 cm³/mol. The van der Waals surface area contributed by atoms with E-state index >= 15 is 0 Å². The summed E-state index contributed by atoms with van der Waals surface area (Å²) in [5.74, 6) is -0.174. The standard InChI is InChI=1S/C15H13F3N2O3/c16-15(17,18)9-2-1-3-11(6-9)22-8-13-20-12(7-23-13)14(21)19-10-4-5-10/h1-3,6-7,10H,4-5,8H2,(H,19,21). The fourth-order valence-electron chi connectivity index (χ4n) is 1.88. The molecule has 1 N–H and O–H groups in total. The monoisotopic (exact) mass is 326 g/mol. The first kappa shape index (κ1) is 15.4. The molecule has 5 nitrogen and oxygen atoms in total. The first-order valence-electron chi connectivity index (χ1n) is 6.97. The number of oxazole rings is 1. The molecule has 0 aliphatic heterocycles. The van der Waals surface area contributed by atoms with E-state index in [2.05, 4.69) is 10.3 Å². The lowest BCUT2D eigenvalue weighted by Crippen LogP contribution is -2.25. The van der Waals surface area contributed by atoms with Crippen LogP contribution in [-0.2, 0) is 12.8 Å². The molecule has 1 heterocycles. The van der Waals surface area contributed by atoms with Gasteiger partial charge in [0.15, 0.2) is 12.3 Å². The van der Waals surface area contributed by atoms with Gasteiger partial charge in [-0.3, -0.25) is 4.79 Å². The van der Waals surface area contributed by atoms with E-state index in [4.69, 9.17) is 9.15 Å². The second-order valence-corrected chi connectivity index (χ2v) is 5.19. The Labute approximate surface area is 129 Å². The molecule has 0 saturated heterocycles. The van der Waals surface area contributed by atoms with Crippen LogP contribution in [0.3, 0.4) is 0 Å². The fraction of sp³-hybridized carbons (Fsp3) is 0.333. The van der Waals surface area contributed by atoms with Gasteiger partial charge in [-0.2, -0.15) is 13.2 Å². The van der Waals surface area contributed by atoms with Gasteiger partial charge in [-0.15, -0.1) is 0 Å². The highest BCUT2D eigenvalue weighted by Gasteiger charge is 2.30. The summed E-state index contributed by atoms with van der Waals surface area (Å²) in [5, 5.41) is 2.75. The second-order valence-electron chi connectivity index (χ2n) is 5.19. The SMILES string of the molecule is O=C(NC1CC1)c1coc(COc2cccc(C(F)(F)F)c2)n1. The molecule has 1 fully saturated rings. The summed E-state index contributed by atoms with van der Waals surface area (Å²) in [6.07, 6.45) is -1.33. The van der Waals surface area contributed by atoms with E-state index in [-0.39, 0.29) is 35.9 Å². The average molecular weight is 326 g/mol. The summed E-state index contributed by atoms with van der Waals surface area (Å²) < 4.78 is 48.1. The Balaban J connectivity index is 1.60. The van der Waals surface area contributed by atoms with Crippen LogP contribution in [-0.4, -0.2) is 16.9 Å². The van der Waals surface area contributed by atoms with Gasteiger partial charge in [-0.25, -0.2) is 4.98 Å². The van der Waals surface area contributed by atoms with Crippen LogP contribution in [0.5, 0.6) is 5.75 Å². The number of hydrogen-bond acceptors (Lipinski definition) is 4. The van der Waals surface area contributed by atoms with Gasteiger partial charge in [-0.1, -0.05) is 6.07 Å². The molecule has 1 aromatic carbocycles. The molecule has 8 heteroatoms. The van der Waals surface area contributed by atoms with Crippen molar-refractivity contribution in [1.82, 2.24) is 10.3 Å². The van der Waals surface area contributed by atoms with Gasteiger partial charge in [0.05, 0.1) is 5.56 Å². The van der Waals surface area contributed by atoms with Gasteiger partial charge in [0.2, 0.25) is 5.89 Å². The molecule has 1 amide bonds. The lowest BCUT2D eigenvalue weighted by molar-refractivity contribution is -0.137. The van der Waals surface area contributed by atoms with E-state index in [1.165, 1.54) is 18.4 Å². The number of carbonyl (C=O) groups excluding carboxylic acids is 1. The van der Waals surface area contributed by atoms with Crippen molar-refractivity contribution in [3.8, 4) is 5.75 Å². The number of nitrogens with one attached hydrogen (secondary N) is 1. The Hall–Kier alpha value is -2.51. The predicted octanol–water partition coefficient (Wildman–Crippen LogP) is 3.16. The third-order valence-corrected chi connectivity index (χ3v) is 3.22. The Morgan fingerprint density at radius 1 is 1.39 bits per heavy atom. The van der Waals surface area contributed by atoms with Crippen molar-refractivity contribution in [2.45, 2.75) is 31.7 Å². The minimum absolute atomic E-state index is 0.0435. The Bertz CT molecular complexity index is 708. The Kier molecular flexibility index (Phi) is 3.97. The van der Waals surface area contributed by atoms with E-state index in [1.807, 2.05) is 0 Å². The van der Waals surface area contributed by atoms with Crippen molar-refractivity contribution in [2.24, 2.45) is 0 Å². The Morgan fingerprint density at radius 3 is 2.87 bits per heavy atom. The van der Waals surface area contributed by atoms with E-state index in [9.17, 15) is 18.0 Å². The van der Waals surface area contributed by atoms with Crippen LogP contribution in [0.15, 0.2) is 34.9 Å². The number of rotatable bonds is 5. The lowest BCUT2D eigenvalue weighted by Gasteiger charge is -2.09. The second kappa shape index (κ2) is 5.94. The number of halogens is 3. The highest BCUT2D eigenvalue weighted by atomic mass is 19.4. The molecule has 2 aromatic rings. The summed E-state index contributed by atoms with van der Waals surface area (Å²) in [6, 6.07) is 4.70. The molecule has 0 radical (unpaired) electrons. The van der Waals surface area contributed by atoms with E-state index < -0.39 is 11.7 Å². The molecule has 3 rings (SSSR count). The average Bonchev–Trinajstić information content (AvgIpc) is 3.18. The minimum Gasteiger partial charge on any atom is -0.484 e. The zero-order valence-electron chi connectivity index (χ0n) is 11.9. The number of benzene rings is 1. The number of amides is 1. The van der Waals surface area contributed by atoms with Crippen LogP contribution < -0.4 is 10.1 Å². The van der Waals surface area contributed by atoms with Crippen LogP contribution in [0.4, 0.5) is 13.2 Å². The molecule has 0 spiro atoms. The molecule has 0 unspecified atom stereocenters. The molecule has 1 aliphatic carbocycles. The highest BCUT2D eigenvalue weighted by molar-refractivity contribution is 5.92. The number of nitrogens with zero attached hydrogens (tertiary/aromatic N) is 1. The number of hydrogen-bond donors (Lipinski definition) is 1. The molecule has 0 bridgehead atoms. The quantitative estimate of drug-likeness (QED) is 0.917. The van der Waals surface area contributed by atoms with Crippen molar-refractivity contribution >= 4 is 5.91 Å². The molecule has 122 valence electrons. The minimum atomic E-state index is -4.43. The first-order chi connectivity index (χ1) is 10.9. The number of ether oxygens (including phenoxy) is 1. The zero-order chi connectivity index (χ0) is 16.4. The summed E-state index contributed by atoms with van der Waals surface area (Å²) in [6.45, 7) is -0.169. The summed E-state index contributed by atoms with van der Waals surface area (Å²) in [5.41, 5.74) is -0.675. The van der Waals surface area contributed by atoms with Crippen LogP contribution in [0.25, 0.3) is 0 Å². The molecular formula is C15H13F3N2O3. The van der Waals surface area contributed by atoms with Gasteiger partial charge in [0.25, 0.3) is 5.91 Å². The lowest BCUT2D eigenvalue weighted by atomic mass is 10.2. The zero-order valence-corrected chi connectivity index (χ0v) is 11.9. The topological polar surface area (TPSA) is 64.4 Å². The summed E-state index contributed by atoms with van der Waals surface area (Å²) in [7, 11) is 0. The van der Waals surface area contributed by atoms with Crippen LogP contribution in [0.1, 0.15) is 34.8 Å². The maximum Gasteiger partial charge on any atom is 0.416 e. The smallest absolute Gasteiger partial charge is 0.416 e. The van der Waals surface area contributed by atoms with Gasteiger partial charge < -0.3 is 14.5 Å². The molecular weight excluding hydrogens is 313 g/mol. The van der Waals surface area contributed by atoms with Gasteiger partial charge in [0, 0.05) is 6.04 Å². The third kappa shape index (κ3) is 4.02. The number of carbonyl (C=O) groups is 1. The number of alkyl halides is 3. The van der Waals surface area contributed by atoms with Gasteiger partial charge >= 0.3 is 6.18 Å². The molecule has 0 atom stereocenters. The van der Waals surface area contributed by atoms with Crippen molar-refractivity contribution in [3.05, 3.63) is 47.7 Å². The van der Waals surface area contributed by atoms with Gasteiger partial charge in [0.1, 0.15) is 12.0 Å². The molecule has 1 aliphatic rings. The van der Waals surface area contributed by atoms with Crippen molar-refractivity contribution in [2.75, 3.05) is 0 Å². The molecule has 1 saturated carbocycles. The van der Waals surface area contributed by atoms with Crippen LogP contribution >= 0.6 is 0 Å². The van der Waals surface area contributed by atoms with Crippen molar-refractivity contribution < 1.29 is 27.1 Å². The highest BCUT2D eigenvalue weighted by Crippen LogP contribution is 2.31. The largest absolute Gasteiger partial charge is 0.484 e.